The van der Waals surface area contributed by atoms with E-state index >= 15 is 0 Å². The number of thiol groups is 1. The predicted molar refractivity (Wildman–Crippen MR) is 70.9 cm³/mol. The molecule has 1 atom stereocenters. The van der Waals surface area contributed by atoms with Crippen LogP contribution in [0.3, 0.4) is 0 Å². The van der Waals surface area contributed by atoms with Crippen molar-refractivity contribution in [3.8, 4) is 0 Å². The maximum atomic E-state index is 4.23. The van der Waals surface area contributed by atoms with Gasteiger partial charge in [-0.05, 0) is 52.2 Å². The van der Waals surface area contributed by atoms with E-state index in [1.54, 1.807) is 0 Å². The van der Waals surface area contributed by atoms with Gasteiger partial charge in [-0.15, -0.1) is 0 Å². The molecule has 1 heterocycles. The lowest BCUT2D eigenvalue weighted by Crippen LogP contribution is -2.31. The number of unbranched alkanes of at least 4 members (excludes halogenated alkanes) is 3. The van der Waals surface area contributed by atoms with Crippen LogP contribution in [0.15, 0.2) is 0 Å². The molecule has 0 aromatic carbocycles. The Morgan fingerprint density at radius 2 is 1.93 bits per heavy atom. The van der Waals surface area contributed by atoms with Gasteiger partial charge in [0.15, 0.2) is 0 Å². The van der Waals surface area contributed by atoms with Crippen LogP contribution in [0, 0.1) is 0 Å². The molecule has 0 aliphatic carbocycles. The van der Waals surface area contributed by atoms with Crippen molar-refractivity contribution in [1.29, 1.82) is 0 Å². The molecule has 0 aromatic heterocycles. The van der Waals surface area contributed by atoms with E-state index < -0.39 is 0 Å². The van der Waals surface area contributed by atoms with Gasteiger partial charge in [0.25, 0.3) is 0 Å². The summed E-state index contributed by atoms with van der Waals surface area (Å²) in [5.41, 5.74) is 0. The van der Waals surface area contributed by atoms with Crippen molar-refractivity contribution in [2.24, 2.45) is 0 Å². The van der Waals surface area contributed by atoms with E-state index in [2.05, 4.69) is 36.5 Å². The monoisotopic (exact) mass is 230 g/mol. The van der Waals surface area contributed by atoms with Gasteiger partial charge in [0.1, 0.15) is 0 Å². The van der Waals surface area contributed by atoms with Gasteiger partial charge in [-0.25, -0.2) is 0 Å². The summed E-state index contributed by atoms with van der Waals surface area (Å²) in [7, 11) is 4.39. The van der Waals surface area contributed by atoms with E-state index in [0.717, 1.165) is 11.8 Å². The lowest BCUT2D eigenvalue weighted by atomic mass is 10.2. The van der Waals surface area contributed by atoms with Crippen LogP contribution in [0.5, 0.6) is 0 Å². The molecular formula is C12H26N2S. The largest absolute Gasteiger partial charge is 0.305 e. The molecule has 2 nitrogen and oxygen atoms in total. The molecule has 0 saturated carbocycles. The van der Waals surface area contributed by atoms with Crippen molar-refractivity contribution in [2.75, 3.05) is 39.5 Å². The molecular weight excluding hydrogens is 204 g/mol. The van der Waals surface area contributed by atoms with Crippen LogP contribution in [-0.2, 0) is 0 Å². The highest BCUT2D eigenvalue weighted by Crippen LogP contribution is 2.14. The third kappa shape index (κ3) is 5.23. The van der Waals surface area contributed by atoms with Crippen molar-refractivity contribution in [3.05, 3.63) is 0 Å². The zero-order valence-corrected chi connectivity index (χ0v) is 11.2. The molecule has 0 amide bonds. The molecule has 90 valence electrons. The average molecular weight is 230 g/mol. The van der Waals surface area contributed by atoms with E-state index in [1.165, 1.54) is 51.7 Å². The minimum atomic E-state index is 0.794. The maximum absolute atomic E-state index is 4.23. The van der Waals surface area contributed by atoms with Crippen molar-refractivity contribution in [1.82, 2.24) is 9.80 Å². The van der Waals surface area contributed by atoms with Gasteiger partial charge in [-0.1, -0.05) is 12.8 Å². The highest BCUT2D eigenvalue weighted by atomic mass is 32.1. The molecule has 0 radical (unpaired) electrons. The fourth-order valence-electron chi connectivity index (χ4n) is 2.24. The van der Waals surface area contributed by atoms with Gasteiger partial charge in [-0.3, -0.25) is 0 Å². The van der Waals surface area contributed by atoms with Gasteiger partial charge in [0.2, 0.25) is 0 Å². The first kappa shape index (κ1) is 13.3. The van der Waals surface area contributed by atoms with Crippen molar-refractivity contribution < 1.29 is 0 Å². The molecule has 1 aliphatic heterocycles. The third-order valence-corrected chi connectivity index (χ3v) is 3.68. The number of likely N-dealkylation sites (tertiary alicyclic amines) is 1. The number of likely N-dealkylation sites (N-methyl/N-ethyl adjacent to an activating group) is 1. The second-order valence-electron chi connectivity index (χ2n) is 4.84. The van der Waals surface area contributed by atoms with E-state index in [9.17, 15) is 0 Å². The first-order valence-corrected chi connectivity index (χ1v) is 6.87. The van der Waals surface area contributed by atoms with Gasteiger partial charge >= 0.3 is 0 Å². The molecule has 0 spiro atoms. The number of rotatable bonds is 7. The van der Waals surface area contributed by atoms with Gasteiger partial charge in [0.05, 0.1) is 0 Å². The molecule has 0 N–H and O–H groups in total. The Morgan fingerprint density at radius 3 is 2.53 bits per heavy atom. The first-order valence-electron chi connectivity index (χ1n) is 6.23. The predicted octanol–water partition coefficient (Wildman–Crippen LogP) is 2.11. The Labute approximate surface area is 100 Å². The van der Waals surface area contributed by atoms with Crippen molar-refractivity contribution >= 4 is 12.6 Å². The first-order chi connectivity index (χ1) is 7.24. The molecule has 0 bridgehead atoms. The van der Waals surface area contributed by atoms with Crippen LogP contribution in [0.1, 0.15) is 32.1 Å². The zero-order chi connectivity index (χ0) is 11.1. The van der Waals surface area contributed by atoms with Crippen LogP contribution in [-0.4, -0.2) is 55.3 Å². The van der Waals surface area contributed by atoms with Crippen LogP contribution in [0.25, 0.3) is 0 Å². The highest BCUT2D eigenvalue weighted by Gasteiger charge is 2.22. The molecule has 1 unspecified atom stereocenters. The van der Waals surface area contributed by atoms with E-state index in [4.69, 9.17) is 0 Å². The Kier molecular flexibility index (Phi) is 6.69. The Hall–Kier alpha value is 0.270. The topological polar surface area (TPSA) is 6.48 Å². The molecule has 0 aromatic rings. The lowest BCUT2D eigenvalue weighted by molar-refractivity contribution is 0.265. The summed E-state index contributed by atoms with van der Waals surface area (Å²) in [5.74, 6) is 1.05. The summed E-state index contributed by atoms with van der Waals surface area (Å²) in [6.45, 7) is 3.88. The van der Waals surface area contributed by atoms with E-state index in [1.807, 2.05) is 0 Å². The van der Waals surface area contributed by atoms with E-state index in [0.29, 0.717) is 0 Å². The Balaban J connectivity index is 1.99. The Bertz CT molecular complexity index is 162. The molecule has 3 heteroatoms. The summed E-state index contributed by atoms with van der Waals surface area (Å²) in [5, 5.41) is 0. The summed E-state index contributed by atoms with van der Waals surface area (Å²) < 4.78 is 0. The van der Waals surface area contributed by atoms with Gasteiger partial charge in [0, 0.05) is 12.6 Å². The van der Waals surface area contributed by atoms with Crippen LogP contribution in [0.2, 0.25) is 0 Å². The van der Waals surface area contributed by atoms with E-state index in [-0.39, 0.29) is 0 Å². The highest BCUT2D eigenvalue weighted by molar-refractivity contribution is 7.80. The van der Waals surface area contributed by atoms with Crippen LogP contribution >= 0.6 is 12.6 Å². The number of hydrogen-bond donors (Lipinski definition) is 1. The summed E-state index contributed by atoms with van der Waals surface area (Å²) in [6, 6.07) is 0.794. The average Bonchev–Trinajstić information content (AvgIpc) is 2.66. The standard InChI is InChI=1S/C12H26N2S/c1-13(2)12-7-9-14(11-12)8-5-3-4-6-10-15/h12,15H,3-11H2,1-2H3. The fourth-order valence-corrected chi connectivity index (χ4v) is 2.46. The molecule has 1 saturated heterocycles. The van der Waals surface area contributed by atoms with Crippen LogP contribution in [0.4, 0.5) is 0 Å². The fraction of sp³-hybridized carbons (Fsp3) is 1.00. The molecule has 1 rings (SSSR count). The van der Waals surface area contributed by atoms with Crippen molar-refractivity contribution in [2.45, 2.75) is 38.1 Å². The number of nitrogens with zero attached hydrogens (tertiary/aromatic N) is 2. The molecule has 15 heavy (non-hydrogen) atoms. The van der Waals surface area contributed by atoms with Crippen molar-refractivity contribution in [3.63, 3.8) is 0 Å². The second kappa shape index (κ2) is 7.53. The summed E-state index contributed by atoms with van der Waals surface area (Å²) >= 11 is 4.23. The summed E-state index contributed by atoms with van der Waals surface area (Å²) in [4.78, 5) is 4.98. The van der Waals surface area contributed by atoms with Crippen LogP contribution < -0.4 is 0 Å². The smallest absolute Gasteiger partial charge is 0.0229 e. The lowest BCUT2D eigenvalue weighted by Gasteiger charge is -2.20. The second-order valence-corrected chi connectivity index (χ2v) is 5.29. The Morgan fingerprint density at radius 1 is 1.20 bits per heavy atom. The third-order valence-electron chi connectivity index (χ3n) is 3.36. The quantitative estimate of drug-likeness (QED) is 0.529. The zero-order valence-electron chi connectivity index (χ0n) is 10.3. The molecule has 1 fully saturated rings. The molecule has 1 aliphatic rings. The van der Waals surface area contributed by atoms with Gasteiger partial charge < -0.3 is 9.80 Å². The normalized spacial score (nSPS) is 22.8. The minimum absolute atomic E-state index is 0.794. The maximum Gasteiger partial charge on any atom is 0.0229 e. The SMILES string of the molecule is CN(C)C1CCN(CCCCCCS)C1. The summed E-state index contributed by atoms with van der Waals surface area (Å²) in [6.07, 6.45) is 6.74. The minimum Gasteiger partial charge on any atom is -0.305 e. The number of hydrogen-bond acceptors (Lipinski definition) is 3. The van der Waals surface area contributed by atoms with Gasteiger partial charge in [-0.2, -0.15) is 12.6 Å².